The van der Waals surface area contributed by atoms with Crippen molar-refractivity contribution in [2.45, 2.75) is 20.3 Å². The zero-order chi connectivity index (χ0) is 12.7. The minimum absolute atomic E-state index is 0. The SMILES string of the molecule is CCOCCC(=O)N(CC)c1cc[c]([Ge+3])cc1.[OH-].[OH-].[OH-]. The zero-order valence-electron chi connectivity index (χ0n) is 11.7. The van der Waals surface area contributed by atoms with Crippen LogP contribution >= 0.6 is 0 Å². The number of nitrogens with zero attached hydrogens (tertiary/aromatic N) is 1. The Morgan fingerprint density at radius 1 is 1.15 bits per heavy atom. The third-order valence-corrected chi connectivity index (χ3v) is 3.16. The summed E-state index contributed by atoms with van der Waals surface area (Å²) in [6.07, 6.45) is 0.440. The largest absolute Gasteiger partial charge is 0.870 e. The minimum Gasteiger partial charge on any atom is -0.870 e. The van der Waals surface area contributed by atoms with Gasteiger partial charge in [0.1, 0.15) is 0 Å². The van der Waals surface area contributed by atoms with Gasteiger partial charge in [-0.1, -0.05) is 0 Å². The van der Waals surface area contributed by atoms with Crippen molar-refractivity contribution in [3.8, 4) is 0 Å². The molecule has 0 saturated carbocycles. The number of hydrogen-bond acceptors (Lipinski definition) is 5. The summed E-state index contributed by atoms with van der Waals surface area (Å²) in [5.74, 6) is 0.116. The number of rotatable bonds is 6. The van der Waals surface area contributed by atoms with Crippen molar-refractivity contribution < 1.29 is 26.0 Å². The molecule has 0 bridgehead atoms. The summed E-state index contributed by atoms with van der Waals surface area (Å²) < 4.78 is 6.41. The maximum absolute atomic E-state index is 12.0. The van der Waals surface area contributed by atoms with E-state index in [0.717, 1.165) is 5.69 Å². The molecule has 20 heavy (non-hydrogen) atoms. The predicted molar refractivity (Wildman–Crippen MR) is 76.8 cm³/mol. The van der Waals surface area contributed by atoms with Gasteiger partial charge in [0, 0.05) is 0 Å². The number of hydrogen-bond donors (Lipinski definition) is 0. The minimum atomic E-state index is 0. The van der Waals surface area contributed by atoms with Crippen molar-refractivity contribution in [2.75, 3.05) is 24.7 Å². The zero-order valence-corrected chi connectivity index (χ0v) is 13.8. The number of benzene rings is 1. The molecule has 1 aromatic carbocycles. The van der Waals surface area contributed by atoms with Crippen LogP contribution in [0, 0.1) is 0 Å². The number of anilines is 1. The van der Waals surface area contributed by atoms with Gasteiger partial charge in [0.15, 0.2) is 0 Å². The molecule has 3 N–H and O–H groups in total. The molecule has 1 amide bonds. The monoisotopic (exact) mass is 345 g/mol. The summed E-state index contributed by atoms with van der Waals surface area (Å²) in [5, 5.41) is 0. The molecule has 0 fully saturated rings. The van der Waals surface area contributed by atoms with Crippen LogP contribution in [-0.4, -0.2) is 58.6 Å². The molecular weight excluding hydrogens is 323 g/mol. The van der Waals surface area contributed by atoms with Gasteiger partial charge in [0.25, 0.3) is 0 Å². The van der Waals surface area contributed by atoms with E-state index in [1.54, 1.807) is 4.90 Å². The molecule has 0 aliphatic rings. The molecule has 0 spiro atoms. The van der Waals surface area contributed by atoms with Gasteiger partial charge in [-0.15, -0.1) is 0 Å². The van der Waals surface area contributed by atoms with Crippen LogP contribution in [0.5, 0.6) is 0 Å². The van der Waals surface area contributed by atoms with Crippen molar-refractivity contribution in [1.29, 1.82) is 0 Å². The summed E-state index contributed by atoms with van der Waals surface area (Å²) >= 11 is 2.04. The topological polar surface area (TPSA) is 120 Å². The molecule has 112 valence electrons. The van der Waals surface area contributed by atoms with Crippen LogP contribution in [0.3, 0.4) is 0 Å². The van der Waals surface area contributed by atoms with Gasteiger partial charge in [-0.25, -0.2) is 0 Å². The summed E-state index contributed by atoms with van der Waals surface area (Å²) in [6.45, 7) is 5.76. The molecule has 1 aromatic rings. The summed E-state index contributed by atoms with van der Waals surface area (Å²) in [6, 6.07) is 8.01. The first kappa shape index (κ1) is 24.1. The van der Waals surface area contributed by atoms with Crippen molar-refractivity contribution >= 4 is 32.5 Å². The van der Waals surface area contributed by atoms with Crippen LogP contribution in [0.4, 0.5) is 5.69 Å². The molecule has 0 unspecified atom stereocenters. The van der Waals surface area contributed by atoms with Crippen LogP contribution in [0.2, 0.25) is 0 Å². The Balaban J connectivity index is -0.000000963. The molecule has 0 aliphatic carbocycles. The second-order valence-electron chi connectivity index (χ2n) is 3.63. The number of ether oxygens (including phenoxy) is 1. The molecular formula is C13H21GeNO5. The molecule has 6 nitrogen and oxygen atoms in total. The van der Waals surface area contributed by atoms with E-state index in [0.29, 0.717) is 26.2 Å². The van der Waals surface area contributed by atoms with E-state index in [9.17, 15) is 4.79 Å². The Hall–Kier alpha value is -0.927. The smallest absolute Gasteiger partial charge is 0.870 e. The first-order chi connectivity index (χ1) is 8.19. The second kappa shape index (κ2) is 13.1. The Kier molecular flexibility index (Phi) is 15.8. The summed E-state index contributed by atoms with van der Waals surface area (Å²) in [7, 11) is 0. The van der Waals surface area contributed by atoms with Crippen molar-refractivity contribution in [3.63, 3.8) is 0 Å². The molecule has 0 atom stereocenters. The van der Waals surface area contributed by atoms with E-state index in [4.69, 9.17) is 4.74 Å². The van der Waals surface area contributed by atoms with Gasteiger partial charge >= 0.3 is 111 Å². The molecule has 0 saturated heterocycles. The van der Waals surface area contributed by atoms with E-state index in [-0.39, 0.29) is 22.3 Å². The van der Waals surface area contributed by atoms with Crippen LogP contribution in [0.25, 0.3) is 0 Å². The van der Waals surface area contributed by atoms with Crippen LogP contribution in [-0.2, 0) is 9.53 Å². The Morgan fingerprint density at radius 3 is 2.15 bits per heavy atom. The van der Waals surface area contributed by atoms with E-state index in [1.807, 2.05) is 54.6 Å². The average molecular weight is 344 g/mol. The molecule has 7 heteroatoms. The average Bonchev–Trinajstić information content (AvgIpc) is 2.33. The normalized spacial score (nSPS) is 8.80. The van der Waals surface area contributed by atoms with Crippen molar-refractivity contribution in [1.82, 2.24) is 0 Å². The van der Waals surface area contributed by atoms with Crippen LogP contribution < -0.4 is 9.30 Å². The quantitative estimate of drug-likeness (QED) is 0.557. The molecule has 1 rings (SSSR count). The molecule has 0 heterocycles. The standard InChI is InChI=1S/C13H18GeNO2.3H2O/c1-3-15(13(16)9-10-17-4-2)12-7-5-11(14)6-8-12;;;/h5-8H,3-4,9-10H2,1-2H3;3*1H2/q+3;;;/p-3. The third kappa shape index (κ3) is 7.61. The van der Waals surface area contributed by atoms with Crippen molar-refractivity contribution in [2.24, 2.45) is 0 Å². The summed E-state index contributed by atoms with van der Waals surface area (Å²) in [4.78, 5) is 13.8. The van der Waals surface area contributed by atoms with Gasteiger partial charge in [-0.05, 0) is 0 Å². The Bertz CT molecular complexity index is 358. The van der Waals surface area contributed by atoms with Crippen LogP contribution in [0.15, 0.2) is 24.3 Å². The molecule has 0 radical (unpaired) electrons. The van der Waals surface area contributed by atoms with Gasteiger partial charge in [0.2, 0.25) is 0 Å². The maximum atomic E-state index is 12.0. The maximum Gasteiger partial charge on any atom is -0.870 e. The second-order valence-corrected chi connectivity index (χ2v) is 4.84. The van der Waals surface area contributed by atoms with E-state index in [2.05, 4.69) is 0 Å². The Morgan fingerprint density at radius 2 is 1.70 bits per heavy atom. The first-order valence-corrected chi connectivity index (χ1v) is 6.93. The van der Waals surface area contributed by atoms with Gasteiger partial charge in [0.05, 0.1) is 0 Å². The molecule has 0 aliphatic heterocycles. The van der Waals surface area contributed by atoms with Crippen molar-refractivity contribution in [3.05, 3.63) is 24.3 Å². The van der Waals surface area contributed by atoms with E-state index in [1.165, 1.54) is 4.40 Å². The fourth-order valence-electron chi connectivity index (χ4n) is 1.58. The fourth-order valence-corrected chi connectivity index (χ4v) is 1.93. The van der Waals surface area contributed by atoms with E-state index >= 15 is 0 Å². The number of carbonyl (C=O) groups excluding carboxylic acids is 1. The van der Waals surface area contributed by atoms with Crippen LogP contribution in [0.1, 0.15) is 20.3 Å². The van der Waals surface area contributed by atoms with Gasteiger partial charge in [-0.2, -0.15) is 0 Å². The summed E-state index contributed by atoms with van der Waals surface area (Å²) in [5.41, 5.74) is 0.958. The fraction of sp³-hybridized carbons (Fsp3) is 0.462. The number of amides is 1. The predicted octanol–water partition coefficient (Wildman–Crippen LogP) is 0.730. The van der Waals surface area contributed by atoms with Gasteiger partial charge in [-0.3, -0.25) is 0 Å². The molecule has 0 aromatic heterocycles. The first-order valence-electron chi connectivity index (χ1n) is 5.88. The van der Waals surface area contributed by atoms with E-state index < -0.39 is 0 Å². The Labute approximate surface area is 128 Å². The van der Waals surface area contributed by atoms with Gasteiger partial charge < -0.3 is 16.4 Å². The number of carbonyl (C=O) groups is 1. The third-order valence-electron chi connectivity index (χ3n) is 2.46.